The lowest BCUT2D eigenvalue weighted by molar-refractivity contribution is -0.0402. The Kier molecular flexibility index (Phi) is 6.12. The average Bonchev–Trinajstić information content (AvgIpc) is 2.48. The number of hydrogen-bond donors (Lipinski definition) is 3. The van der Waals surface area contributed by atoms with Crippen molar-refractivity contribution in [3.63, 3.8) is 0 Å². The fourth-order valence-electron chi connectivity index (χ4n) is 3.02. The number of ether oxygens (including phenoxy) is 1. The Bertz CT molecular complexity index is 575. The van der Waals surface area contributed by atoms with Crippen molar-refractivity contribution in [2.75, 3.05) is 0 Å². The third kappa shape index (κ3) is 4.88. The number of benzene rings is 1. The van der Waals surface area contributed by atoms with Gasteiger partial charge in [-0.15, -0.1) is 0 Å². The van der Waals surface area contributed by atoms with Gasteiger partial charge in [0.1, 0.15) is 0 Å². The molecule has 24 heavy (non-hydrogen) atoms. The Balaban J connectivity index is 1.89. The second kappa shape index (κ2) is 7.90. The van der Waals surface area contributed by atoms with Gasteiger partial charge in [-0.05, 0) is 51.3 Å². The van der Waals surface area contributed by atoms with Gasteiger partial charge in [-0.25, -0.2) is 13.6 Å². The molecule has 1 saturated heterocycles. The number of aliphatic hydroxyl groups excluding tert-OH is 1. The molecule has 7 heteroatoms. The molecule has 1 aliphatic rings. The maximum absolute atomic E-state index is 13.3. The summed E-state index contributed by atoms with van der Waals surface area (Å²) in [6, 6.07) is 2.10. The summed E-state index contributed by atoms with van der Waals surface area (Å²) in [4.78, 5) is 12.1. The Labute approximate surface area is 140 Å². The van der Waals surface area contributed by atoms with Crippen LogP contribution in [-0.4, -0.2) is 35.4 Å². The summed E-state index contributed by atoms with van der Waals surface area (Å²) in [6.45, 7) is 5.51. The minimum atomic E-state index is -1.14. The number of amides is 2. The summed E-state index contributed by atoms with van der Waals surface area (Å²) in [6.07, 6.45) is 0.447. The monoisotopic (exact) mass is 342 g/mol. The first kappa shape index (κ1) is 18.6. The van der Waals surface area contributed by atoms with Crippen LogP contribution in [0.1, 0.15) is 45.3 Å². The number of urea groups is 1. The number of aliphatic hydroxyl groups is 1. The summed E-state index contributed by atoms with van der Waals surface area (Å²) in [5.74, 6) is -2.01. The molecule has 2 rings (SSSR count). The molecule has 0 radical (unpaired) electrons. The lowest BCUT2D eigenvalue weighted by atomic mass is 10.00. The number of carbonyl (C=O) groups excluding carboxylic acids is 1. The second-order valence-electron chi connectivity index (χ2n) is 6.45. The summed E-state index contributed by atoms with van der Waals surface area (Å²) < 4.78 is 31.8. The predicted octanol–water partition coefficient (Wildman–Crippen LogP) is 2.64. The molecule has 0 saturated carbocycles. The molecule has 1 heterocycles. The second-order valence-corrected chi connectivity index (χ2v) is 6.45. The maximum atomic E-state index is 13.3. The van der Waals surface area contributed by atoms with Crippen LogP contribution in [0.4, 0.5) is 13.6 Å². The number of halogens is 2. The largest absolute Gasteiger partial charge is 0.386 e. The number of rotatable bonds is 4. The maximum Gasteiger partial charge on any atom is 0.315 e. The van der Waals surface area contributed by atoms with E-state index in [1.807, 2.05) is 13.8 Å². The van der Waals surface area contributed by atoms with E-state index < -0.39 is 29.8 Å². The Morgan fingerprint density at radius 2 is 1.88 bits per heavy atom. The quantitative estimate of drug-likeness (QED) is 0.788. The van der Waals surface area contributed by atoms with Crippen LogP contribution in [0.2, 0.25) is 0 Å². The van der Waals surface area contributed by atoms with Gasteiger partial charge in [0.25, 0.3) is 0 Å². The van der Waals surface area contributed by atoms with Crippen molar-refractivity contribution >= 4 is 6.03 Å². The SMILES string of the molecule is CC1CC(NC(=O)NC(C)C(O)c2ccc(F)c(F)c2)CC(C)O1. The van der Waals surface area contributed by atoms with Gasteiger partial charge < -0.3 is 20.5 Å². The molecule has 0 aliphatic carbocycles. The third-order valence-corrected chi connectivity index (χ3v) is 4.15. The van der Waals surface area contributed by atoms with Crippen LogP contribution in [0, 0.1) is 11.6 Å². The van der Waals surface area contributed by atoms with Crippen molar-refractivity contribution in [1.82, 2.24) is 10.6 Å². The first-order valence-electron chi connectivity index (χ1n) is 8.11. The molecular weight excluding hydrogens is 318 g/mol. The van der Waals surface area contributed by atoms with Crippen LogP contribution in [0.25, 0.3) is 0 Å². The van der Waals surface area contributed by atoms with Gasteiger partial charge >= 0.3 is 6.03 Å². The van der Waals surface area contributed by atoms with Crippen LogP contribution < -0.4 is 10.6 Å². The first-order valence-corrected chi connectivity index (χ1v) is 8.11. The summed E-state index contributed by atoms with van der Waals surface area (Å²) in [7, 11) is 0. The molecule has 3 N–H and O–H groups in total. The number of nitrogens with one attached hydrogen (secondary N) is 2. The highest BCUT2D eigenvalue weighted by Crippen LogP contribution is 2.20. The third-order valence-electron chi connectivity index (χ3n) is 4.15. The van der Waals surface area contributed by atoms with Crippen LogP contribution in [-0.2, 0) is 4.74 Å². The molecule has 134 valence electrons. The van der Waals surface area contributed by atoms with Gasteiger partial charge in [-0.2, -0.15) is 0 Å². The minimum Gasteiger partial charge on any atom is -0.386 e. The van der Waals surface area contributed by atoms with E-state index in [-0.39, 0.29) is 23.8 Å². The molecule has 0 aromatic heterocycles. The van der Waals surface area contributed by atoms with Gasteiger partial charge in [-0.3, -0.25) is 0 Å². The van der Waals surface area contributed by atoms with E-state index in [9.17, 15) is 18.7 Å². The summed E-state index contributed by atoms with van der Waals surface area (Å²) in [5.41, 5.74) is 0.204. The molecular formula is C17H24F2N2O3. The van der Waals surface area contributed by atoms with E-state index >= 15 is 0 Å². The Morgan fingerprint density at radius 1 is 1.25 bits per heavy atom. The van der Waals surface area contributed by atoms with Crippen molar-refractivity contribution in [2.24, 2.45) is 0 Å². The van der Waals surface area contributed by atoms with Gasteiger partial charge in [0.2, 0.25) is 0 Å². The van der Waals surface area contributed by atoms with E-state index in [0.29, 0.717) is 0 Å². The van der Waals surface area contributed by atoms with Gasteiger partial charge in [0, 0.05) is 6.04 Å². The van der Waals surface area contributed by atoms with E-state index in [1.165, 1.54) is 6.07 Å². The molecule has 4 unspecified atom stereocenters. The molecule has 4 atom stereocenters. The fraction of sp³-hybridized carbons (Fsp3) is 0.588. The highest BCUT2D eigenvalue weighted by Gasteiger charge is 2.26. The van der Waals surface area contributed by atoms with Crippen molar-refractivity contribution in [2.45, 2.75) is 64.0 Å². The van der Waals surface area contributed by atoms with Crippen molar-refractivity contribution in [3.8, 4) is 0 Å². The van der Waals surface area contributed by atoms with Gasteiger partial charge in [0.05, 0.1) is 24.4 Å². The molecule has 2 amide bonds. The minimum absolute atomic E-state index is 0.00337. The normalized spacial score (nSPS) is 26.5. The topological polar surface area (TPSA) is 70.6 Å². The average molecular weight is 342 g/mol. The van der Waals surface area contributed by atoms with Crippen LogP contribution in [0.15, 0.2) is 18.2 Å². The highest BCUT2D eigenvalue weighted by atomic mass is 19.2. The van der Waals surface area contributed by atoms with E-state index in [2.05, 4.69) is 10.6 Å². The molecule has 1 fully saturated rings. The standard InChI is InChI=1S/C17H24F2N2O3/c1-9-6-13(7-10(2)24-9)21-17(23)20-11(3)16(22)12-4-5-14(18)15(19)8-12/h4-5,8-11,13,16,22H,6-7H2,1-3H3,(H2,20,21,23). The van der Waals surface area contributed by atoms with Crippen LogP contribution in [0.3, 0.4) is 0 Å². The highest BCUT2D eigenvalue weighted by molar-refractivity contribution is 5.74. The molecule has 1 aromatic rings. The van der Waals surface area contributed by atoms with Gasteiger partial charge in [-0.1, -0.05) is 6.07 Å². The Morgan fingerprint density at radius 3 is 2.46 bits per heavy atom. The molecule has 0 spiro atoms. The van der Waals surface area contributed by atoms with E-state index in [1.54, 1.807) is 6.92 Å². The lowest BCUT2D eigenvalue weighted by Crippen LogP contribution is -2.50. The lowest BCUT2D eigenvalue weighted by Gasteiger charge is -2.33. The van der Waals surface area contributed by atoms with Gasteiger partial charge in [0.15, 0.2) is 11.6 Å². The van der Waals surface area contributed by atoms with Crippen molar-refractivity contribution in [1.29, 1.82) is 0 Å². The van der Waals surface area contributed by atoms with E-state index in [0.717, 1.165) is 25.0 Å². The zero-order valence-electron chi connectivity index (χ0n) is 14.1. The zero-order chi connectivity index (χ0) is 17.9. The van der Waals surface area contributed by atoms with Crippen molar-refractivity contribution < 1.29 is 23.4 Å². The van der Waals surface area contributed by atoms with Crippen LogP contribution >= 0.6 is 0 Å². The molecule has 1 aromatic carbocycles. The van der Waals surface area contributed by atoms with Crippen molar-refractivity contribution in [3.05, 3.63) is 35.4 Å². The van der Waals surface area contributed by atoms with Crippen LogP contribution in [0.5, 0.6) is 0 Å². The molecule has 5 nitrogen and oxygen atoms in total. The fourth-order valence-corrected chi connectivity index (χ4v) is 3.02. The zero-order valence-corrected chi connectivity index (χ0v) is 14.1. The number of carbonyl (C=O) groups is 1. The number of hydrogen-bond acceptors (Lipinski definition) is 3. The predicted molar refractivity (Wildman–Crippen MR) is 85.5 cm³/mol. The smallest absolute Gasteiger partial charge is 0.315 e. The summed E-state index contributed by atoms with van der Waals surface area (Å²) in [5, 5.41) is 15.7. The molecule has 0 bridgehead atoms. The first-order chi connectivity index (χ1) is 11.3. The Hall–Kier alpha value is -1.73. The molecule has 1 aliphatic heterocycles. The summed E-state index contributed by atoms with van der Waals surface area (Å²) >= 11 is 0. The van der Waals surface area contributed by atoms with E-state index in [4.69, 9.17) is 4.74 Å².